The molecule has 0 bridgehead atoms. The lowest BCUT2D eigenvalue weighted by Gasteiger charge is -2.24. The van der Waals surface area contributed by atoms with E-state index in [1.165, 1.54) is 0 Å². The third-order valence-corrected chi connectivity index (χ3v) is 3.27. The van der Waals surface area contributed by atoms with Crippen LogP contribution in [0.25, 0.3) is 0 Å². The molecule has 5 nitrogen and oxygen atoms in total. The minimum atomic E-state index is -0.647. The lowest BCUT2D eigenvalue weighted by atomic mass is 9.90. The van der Waals surface area contributed by atoms with Gasteiger partial charge in [0.15, 0.2) is 0 Å². The largest absolute Gasteiger partial charge is 0.351 e. The second-order valence-corrected chi connectivity index (χ2v) is 4.88. The Bertz CT molecular complexity index is 511. The zero-order valence-electron chi connectivity index (χ0n) is 11.4. The van der Waals surface area contributed by atoms with Crippen LogP contribution in [-0.2, 0) is 9.59 Å². The third-order valence-electron chi connectivity index (χ3n) is 3.27. The number of rotatable bonds is 3. The maximum absolute atomic E-state index is 12.1. The van der Waals surface area contributed by atoms with Crippen LogP contribution in [0.15, 0.2) is 42.5 Å². The van der Waals surface area contributed by atoms with Crippen molar-refractivity contribution in [2.75, 3.05) is 6.54 Å². The van der Waals surface area contributed by atoms with E-state index in [4.69, 9.17) is 5.73 Å². The van der Waals surface area contributed by atoms with Gasteiger partial charge >= 0.3 is 0 Å². The summed E-state index contributed by atoms with van der Waals surface area (Å²) in [6.45, 7) is 2.06. The average Bonchev–Trinajstić information content (AvgIpc) is 2.62. The van der Waals surface area contributed by atoms with Crippen molar-refractivity contribution in [2.24, 2.45) is 5.73 Å². The first-order valence-electron chi connectivity index (χ1n) is 6.65. The number of nitrogens with one attached hydrogen (secondary N) is 2. The molecule has 2 amide bonds. The number of nitrogens with two attached hydrogens (primary N) is 1. The molecule has 0 fully saturated rings. The van der Waals surface area contributed by atoms with Crippen molar-refractivity contribution in [3.63, 3.8) is 0 Å². The highest BCUT2D eigenvalue weighted by Crippen LogP contribution is 2.23. The van der Waals surface area contributed by atoms with Gasteiger partial charge in [-0.1, -0.05) is 42.5 Å². The summed E-state index contributed by atoms with van der Waals surface area (Å²) in [6.07, 6.45) is 3.84. The van der Waals surface area contributed by atoms with Crippen molar-refractivity contribution >= 4 is 11.8 Å². The summed E-state index contributed by atoms with van der Waals surface area (Å²) in [7, 11) is 0. The van der Waals surface area contributed by atoms with E-state index in [1.54, 1.807) is 6.92 Å². The average molecular weight is 273 g/mol. The van der Waals surface area contributed by atoms with Crippen LogP contribution in [0.2, 0.25) is 0 Å². The highest BCUT2D eigenvalue weighted by atomic mass is 16.2. The van der Waals surface area contributed by atoms with Crippen molar-refractivity contribution in [1.29, 1.82) is 0 Å². The fourth-order valence-electron chi connectivity index (χ4n) is 2.18. The SMILES string of the molecule is C[C@H](N)C(=O)N[C@@H]1C(=O)NCC=C[C@@H]1c1ccccc1. The van der Waals surface area contributed by atoms with E-state index in [2.05, 4.69) is 10.6 Å². The van der Waals surface area contributed by atoms with Gasteiger partial charge in [0.1, 0.15) is 6.04 Å². The van der Waals surface area contributed by atoms with Crippen molar-refractivity contribution in [2.45, 2.75) is 24.9 Å². The lowest BCUT2D eigenvalue weighted by molar-refractivity contribution is -0.129. The summed E-state index contributed by atoms with van der Waals surface area (Å²) in [5.74, 6) is -0.722. The lowest BCUT2D eigenvalue weighted by Crippen LogP contribution is -2.52. The van der Waals surface area contributed by atoms with Crippen molar-refractivity contribution in [1.82, 2.24) is 10.6 Å². The fraction of sp³-hybridized carbons (Fsp3) is 0.333. The van der Waals surface area contributed by atoms with Gasteiger partial charge in [-0.2, -0.15) is 0 Å². The predicted molar refractivity (Wildman–Crippen MR) is 76.9 cm³/mol. The van der Waals surface area contributed by atoms with Gasteiger partial charge in [0.2, 0.25) is 11.8 Å². The summed E-state index contributed by atoms with van der Waals surface area (Å²) in [4.78, 5) is 24.0. The molecule has 20 heavy (non-hydrogen) atoms. The van der Waals surface area contributed by atoms with E-state index in [0.29, 0.717) is 6.54 Å². The number of carbonyl (C=O) groups excluding carboxylic acids is 2. The van der Waals surface area contributed by atoms with Gasteiger partial charge in [0.25, 0.3) is 0 Å². The fourth-order valence-corrected chi connectivity index (χ4v) is 2.18. The Labute approximate surface area is 118 Å². The van der Waals surface area contributed by atoms with Gasteiger partial charge < -0.3 is 16.4 Å². The highest BCUT2D eigenvalue weighted by Gasteiger charge is 2.31. The predicted octanol–water partition coefficient (Wildman–Crippen LogP) is 0.288. The molecule has 0 radical (unpaired) electrons. The van der Waals surface area contributed by atoms with E-state index in [9.17, 15) is 9.59 Å². The van der Waals surface area contributed by atoms with Crippen molar-refractivity contribution < 1.29 is 9.59 Å². The number of hydrogen-bond donors (Lipinski definition) is 3. The first-order chi connectivity index (χ1) is 9.59. The van der Waals surface area contributed by atoms with Gasteiger partial charge in [-0.05, 0) is 12.5 Å². The molecule has 4 N–H and O–H groups in total. The summed E-state index contributed by atoms with van der Waals surface area (Å²) >= 11 is 0. The molecule has 1 aromatic rings. The molecule has 3 atom stereocenters. The molecule has 1 heterocycles. The zero-order chi connectivity index (χ0) is 14.5. The Morgan fingerprint density at radius 1 is 1.40 bits per heavy atom. The number of benzene rings is 1. The maximum atomic E-state index is 12.1. The quantitative estimate of drug-likeness (QED) is 0.692. The molecule has 2 rings (SSSR count). The molecule has 106 valence electrons. The normalized spacial score (nSPS) is 23.6. The Kier molecular flexibility index (Phi) is 4.53. The van der Waals surface area contributed by atoms with Gasteiger partial charge in [-0.25, -0.2) is 0 Å². The first-order valence-corrected chi connectivity index (χ1v) is 6.65. The van der Waals surface area contributed by atoms with Crippen LogP contribution in [0, 0.1) is 0 Å². The smallest absolute Gasteiger partial charge is 0.243 e. The molecule has 1 aliphatic heterocycles. The molecular formula is C15H19N3O2. The first kappa shape index (κ1) is 14.3. The molecule has 5 heteroatoms. The monoisotopic (exact) mass is 273 g/mol. The van der Waals surface area contributed by atoms with Crippen LogP contribution in [0.3, 0.4) is 0 Å². The minimum absolute atomic E-state index is 0.193. The number of hydrogen-bond acceptors (Lipinski definition) is 3. The topological polar surface area (TPSA) is 84.2 Å². The molecule has 0 spiro atoms. The molecule has 0 unspecified atom stereocenters. The Morgan fingerprint density at radius 2 is 2.10 bits per heavy atom. The molecule has 1 aliphatic rings. The van der Waals surface area contributed by atoms with Gasteiger partial charge in [-0.3, -0.25) is 9.59 Å². The van der Waals surface area contributed by atoms with E-state index >= 15 is 0 Å². The summed E-state index contributed by atoms with van der Waals surface area (Å²) in [5.41, 5.74) is 6.54. The second-order valence-electron chi connectivity index (χ2n) is 4.88. The van der Waals surface area contributed by atoms with Crippen LogP contribution in [0.4, 0.5) is 0 Å². The second kappa shape index (κ2) is 6.34. The van der Waals surface area contributed by atoms with Crippen molar-refractivity contribution in [3.05, 3.63) is 48.0 Å². The molecule has 0 aliphatic carbocycles. The molecular weight excluding hydrogens is 254 g/mol. The molecule has 0 aromatic heterocycles. The summed E-state index contributed by atoms with van der Waals surface area (Å²) in [6, 6.07) is 8.34. The summed E-state index contributed by atoms with van der Waals surface area (Å²) < 4.78 is 0. The maximum Gasteiger partial charge on any atom is 0.243 e. The molecule has 0 saturated heterocycles. The van der Waals surface area contributed by atoms with Gasteiger partial charge in [-0.15, -0.1) is 0 Å². The molecule has 0 saturated carbocycles. The minimum Gasteiger partial charge on any atom is -0.351 e. The van der Waals surface area contributed by atoms with Crippen molar-refractivity contribution in [3.8, 4) is 0 Å². The van der Waals surface area contributed by atoms with Gasteiger partial charge in [0.05, 0.1) is 6.04 Å². The highest BCUT2D eigenvalue weighted by molar-refractivity contribution is 5.90. The van der Waals surface area contributed by atoms with Crippen LogP contribution in [-0.4, -0.2) is 30.4 Å². The number of carbonyl (C=O) groups is 2. The zero-order valence-corrected chi connectivity index (χ0v) is 11.4. The van der Waals surface area contributed by atoms with E-state index in [0.717, 1.165) is 5.56 Å². The Hall–Kier alpha value is -2.14. The standard InChI is InChI=1S/C15H19N3O2/c1-10(16)14(19)18-13-12(8-5-9-17-15(13)20)11-6-3-2-4-7-11/h2-8,10,12-13H,9,16H2,1H3,(H,17,20)(H,18,19)/t10-,12+,13-/m0/s1. The van der Waals surface area contributed by atoms with Gasteiger partial charge in [0, 0.05) is 12.5 Å². The molecule has 1 aromatic carbocycles. The van der Waals surface area contributed by atoms with E-state index in [-0.39, 0.29) is 17.7 Å². The van der Waals surface area contributed by atoms with E-state index in [1.807, 2.05) is 42.5 Å². The van der Waals surface area contributed by atoms with Crippen LogP contribution < -0.4 is 16.4 Å². The Morgan fingerprint density at radius 3 is 2.75 bits per heavy atom. The summed E-state index contributed by atoms with van der Waals surface area (Å²) in [5, 5.41) is 5.49. The van der Waals surface area contributed by atoms with Crippen LogP contribution >= 0.6 is 0 Å². The Balaban J connectivity index is 2.28. The van der Waals surface area contributed by atoms with Crippen LogP contribution in [0.1, 0.15) is 18.4 Å². The van der Waals surface area contributed by atoms with Crippen LogP contribution in [0.5, 0.6) is 0 Å². The third kappa shape index (κ3) is 3.24. The van der Waals surface area contributed by atoms with E-state index < -0.39 is 12.1 Å². The number of amides is 2.